The molecule has 1 aromatic carbocycles. The molecule has 0 aliphatic carbocycles. The van der Waals surface area contributed by atoms with Crippen LogP contribution in [0.3, 0.4) is 0 Å². The van der Waals surface area contributed by atoms with E-state index in [0.717, 1.165) is 11.1 Å². The van der Waals surface area contributed by atoms with E-state index in [1.54, 1.807) is 11.0 Å². The molecule has 23 heavy (non-hydrogen) atoms. The average Bonchev–Trinajstić information content (AvgIpc) is 2.49. The highest BCUT2D eigenvalue weighted by Gasteiger charge is 2.31. The number of rotatable bonds is 4. The van der Waals surface area contributed by atoms with Crippen LogP contribution in [0, 0.1) is 13.8 Å². The van der Waals surface area contributed by atoms with E-state index in [1.807, 2.05) is 45.0 Å². The van der Waals surface area contributed by atoms with Crippen molar-refractivity contribution in [2.75, 3.05) is 46.8 Å². The van der Waals surface area contributed by atoms with Crippen LogP contribution in [0.2, 0.25) is 0 Å². The van der Waals surface area contributed by atoms with E-state index in [9.17, 15) is 13.2 Å². The number of aryl methyl sites for hydroxylation is 2. The normalized spacial score (nSPS) is 16.8. The summed E-state index contributed by atoms with van der Waals surface area (Å²) >= 11 is 0. The summed E-state index contributed by atoms with van der Waals surface area (Å²) in [5.41, 5.74) is 1.68. The van der Waals surface area contributed by atoms with Gasteiger partial charge >= 0.3 is 0 Å². The highest BCUT2D eigenvalue weighted by atomic mass is 32.2. The first-order valence-corrected chi connectivity index (χ1v) is 9.15. The molecule has 0 N–H and O–H groups in total. The van der Waals surface area contributed by atoms with Gasteiger partial charge in [0.05, 0.1) is 11.4 Å². The zero-order chi connectivity index (χ0) is 17.2. The standard InChI is InChI=1S/C16H25N3O3S/c1-13-5-6-14(2)15(11-13)23(21,22)19-9-7-18(8-10-19)16(20)12-17(3)4/h5-6,11H,7-10,12H2,1-4H3. The van der Waals surface area contributed by atoms with E-state index in [0.29, 0.717) is 37.6 Å². The molecule has 1 saturated heterocycles. The van der Waals surface area contributed by atoms with Crippen LogP contribution < -0.4 is 0 Å². The second-order valence-electron chi connectivity index (χ2n) is 6.29. The Morgan fingerprint density at radius 3 is 2.30 bits per heavy atom. The van der Waals surface area contributed by atoms with Gasteiger partial charge in [0.2, 0.25) is 15.9 Å². The lowest BCUT2D eigenvalue weighted by molar-refractivity contribution is -0.133. The van der Waals surface area contributed by atoms with Crippen molar-refractivity contribution in [1.82, 2.24) is 14.1 Å². The lowest BCUT2D eigenvalue weighted by Crippen LogP contribution is -2.52. The van der Waals surface area contributed by atoms with E-state index < -0.39 is 10.0 Å². The summed E-state index contributed by atoms with van der Waals surface area (Å²) in [4.78, 5) is 16.0. The van der Waals surface area contributed by atoms with Crippen LogP contribution in [-0.2, 0) is 14.8 Å². The highest BCUT2D eigenvalue weighted by molar-refractivity contribution is 7.89. The first-order valence-electron chi connectivity index (χ1n) is 7.71. The molecule has 0 aromatic heterocycles. The third-order valence-corrected chi connectivity index (χ3v) is 6.04. The van der Waals surface area contributed by atoms with Crippen LogP contribution in [0.4, 0.5) is 0 Å². The summed E-state index contributed by atoms with van der Waals surface area (Å²) in [5.74, 6) is 0.0405. The lowest BCUT2D eigenvalue weighted by atomic mass is 10.2. The quantitative estimate of drug-likeness (QED) is 0.810. The van der Waals surface area contributed by atoms with Crippen molar-refractivity contribution >= 4 is 15.9 Å². The molecule has 0 spiro atoms. The fraction of sp³-hybridized carbons (Fsp3) is 0.562. The van der Waals surface area contributed by atoms with E-state index in [4.69, 9.17) is 0 Å². The van der Waals surface area contributed by atoms with Crippen LogP contribution in [0.1, 0.15) is 11.1 Å². The number of benzene rings is 1. The highest BCUT2D eigenvalue weighted by Crippen LogP contribution is 2.22. The number of sulfonamides is 1. The molecular weight excluding hydrogens is 314 g/mol. The molecule has 1 amide bonds. The van der Waals surface area contributed by atoms with Gasteiger partial charge < -0.3 is 9.80 Å². The number of carbonyl (C=O) groups excluding carboxylic acids is 1. The number of hydrogen-bond donors (Lipinski definition) is 0. The van der Waals surface area contributed by atoms with E-state index in [2.05, 4.69) is 0 Å². The van der Waals surface area contributed by atoms with Crippen molar-refractivity contribution in [3.05, 3.63) is 29.3 Å². The number of carbonyl (C=O) groups is 1. The molecule has 128 valence electrons. The lowest BCUT2D eigenvalue weighted by Gasteiger charge is -2.34. The molecule has 1 fully saturated rings. The molecule has 1 aromatic rings. The van der Waals surface area contributed by atoms with Gasteiger partial charge in [-0.3, -0.25) is 4.79 Å². The first-order chi connectivity index (χ1) is 10.7. The third-order valence-electron chi connectivity index (χ3n) is 4.00. The Morgan fingerprint density at radius 1 is 1.13 bits per heavy atom. The zero-order valence-corrected chi connectivity index (χ0v) is 15.1. The molecular formula is C16H25N3O3S. The zero-order valence-electron chi connectivity index (χ0n) is 14.2. The maximum atomic E-state index is 12.8. The Kier molecular flexibility index (Phi) is 5.44. The van der Waals surface area contributed by atoms with Crippen LogP contribution in [-0.4, -0.2) is 75.2 Å². The number of amides is 1. The molecule has 0 unspecified atom stereocenters. The fourth-order valence-corrected chi connectivity index (χ4v) is 4.40. The van der Waals surface area contributed by atoms with Gasteiger partial charge in [-0.15, -0.1) is 0 Å². The van der Waals surface area contributed by atoms with Crippen molar-refractivity contribution in [1.29, 1.82) is 0 Å². The first kappa shape index (κ1) is 17.9. The summed E-state index contributed by atoms with van der Waals surface area (Å²) in [6, 6.07) is 5.46. The fourth-order valence-electron chi connectivity index (χ4n) is 2.67. The molecule has 6 nitrogen and oxygen atoms in total. The molecule has 0 saturated carbocycles. The molecule has 1 aliphatic rings. The van der Waals surface area contributed by atoms with Crippen LogP contribution >= 0.6 is 0 Å². The third kappa shape index (κ3) is 4.10. The maximum Gasteiger partial charge on any atom is 0.243 e. The summed E-state index contributed by atoms with van der Waals surface area (Å²) in [5, 5.41) is 0. The van der Waals surface area contributed by atoms with Gasteiger partial charge in [-0.25, -0.2) is 8.42 Å². The Morgan fingerprint density at radius 2 is 1.74 bits per heavy atom. The summed E-state index contributed by atoms with van der Waals surface area (Å²) in [7, 11) is 0.190. The monoisotopic (exact) mass is 339 g/mol. The largest absolute Gasteiger partial charge is 0.339 e. The number of hydrogen-bond acceptors (Lipinski definition) is 4. The van der Waals surface area contributed by atoms with E-state index >= 15 is 0 Å². The van der Waals surface area contributed by atoms with Gasteiger partial charge in [0.25, 0.3) is 0 Å². The van der Waals surface area contributed by atoms with Gasteiger partial charge in [-0.2, -0.15) is 4.31 Å². The second-order valence-corrected chi connectivity index (χ2v) is 8.20. The number of nitrogens with zero attached hydrogens (tertiary/aromatic N) is 3. The van der Waals surface area contributed by atoms with E-state index in [1.165, 1.54) is 4.31 Å². The topological polar surface area (TPSA) is 60.9 Å². The minimum atomic E-state index is -3.50. The predicted octanol–water partition coefficient (Wildman–Crippen LogP) is 0.698. The molecule has 0 bridgehead atoms. The summed E-state index contributed by atoms with van der Waals surface area (Å²) in [6.45, 7) is 5.61. The van der Waals surface area contributed by atoms with Crippen LogP contribution in [0.15, 0.2) is 23.1 Å². The van der Waals surface area contributed by atoms with Crippen molar-refractivity contribution in [3.63, 3.8) is 0 Å². The van der Waals surface area contributed by atoms with Crippen molar-refractivity contribution in [2.45, 2.75) is 18.7 Å². The van der Waals surface area contributed by atoms with Gasteiger partial charge in [0.15, 0.2) is 0 Å². The van der Waals surface area contributed by atoms with Crippen molar-refractivity contribution < 1.29 is 13.2 Å². The molecule has 2 rings (SSSR count). The Balaban J connectivity index is 2.10. The van der Waals surface area contributed by atoms with Gasteiger partial charge in [0.1, 0.15) is 0 Å². The Bertz CT molecular complexity index is 678. The Labute approximate surface area is 138 Å². The minimum Gasteiger partial charge on any atom is -0.339 e. The maximum absolute atomic E-state index is 12.8. The number of likely N-dealkylation sites (N-methyl/N-ethyl adjacent to an activating group) is 1. The SMILES string of the molecule is Cc1ccc(C)c(S(=O)(=O)N2CCN(C(=O)CN(C)C)CC2)c1. The van der Waals surface area contributed by atoms with Crippen LogP contribution in [0.25, 0.3) is 0 Å². The smallest absolute Gasteiger partial charge is 0.243 e. The average molecular weight is 339 g/mol. The predicted molar refractivity (Wildman–Crippen MR) is 89.8 cm³/mol. The molecule has 1 aliphatic heterocycles. The van der Waals surface area contributed by atoms with Gasteiger partial charge in [-0.05, 0) is 45.1 Å². The summed E-state index contributed by atoms with van der Waals surface area (Å²) < 4.78 is 27.1. The van der Waals surface area contributed by atoms with E-state index in [-0.39, 0.29) is 5.91 Å². The van der Waals surface area contributed by atoms with Crippen molar-refractivity contribution in [2.24, 2.45) is 0 Å². The molecule has 0 radical (unpaired) electrons. The second kappa shape index (κ2) is 6.98. The molecule has 7 heteroatoms. The van der Waals surface area contributed by atoms with Gasteiger partial charge in [-0.1, -0.05) is 12.1 Å². The Hall–Kier alpha value is -1.44. The molecule has 0 atom stereocenters. The molecule has 1 heterocycles. The van der Waals surface area contributed by atoms with Crippen LogP contribution in [0.5, 0.6) is 0 Å². The minimum absolute atomic E-state index is 0.0405. The van der Waals surface area contributed by atoms with Gasteiger partial charge in [0, 0.05) is 26.2 Å². The number of piperazine rings is 1. The van der Waals surface area contributed by atoms with Crippen molar-refractivity contribution in [3.8, 4) is 0 Å². The summed E-state index contributed by atoms with van der Waals surface area (Å²) in [6.07, 6.45) is 0.